The molecule has 0 bridgehead atoms. The zero-order valence-corrected chi connectivity index (χ0v) is 11.9. The van der Waals surface area contributed by atoms with Gasteiger partial charge < -0.3 is 5.32 Å². The Labute approximate surface area is 115 Å². The maximum atomic E-state index is 4.34. The van der Waals surface area contributed by atoms with E-state index in [1.165, 1.54) is 11.1 Å². The lowest BCUT2D eigenvalue weighted by Gasteiger charge is -2.12. The van der Waals surface area contributed by atoms with E-state index in [9.17, 15) is 0 Å². The van der Waals surface area contributed by atoms with Gasteiger partial charge in [0.25, 0.3) is 0 Å². The van der Waals surface area contributed by atoms with E-state index < -0.39 is 0 Å². The van der Waals surface area contributed by atoms with Crippen LogP contribution in [-0.2, 0) is 6.54 Å². The minimum Gasteiger partial charge on any atom is -0.386 e. The van der Waals surface area contributed by atoms with Gasteiger partial charge in [-0.1, -0.05) is 38.1 Å². The summed E-state index contributed by atoms with van der Waals surface area (Å²) in [5.41, 5.74) is 3.79. The van der Waals surface area contributed by atoms with Crippen molar-refractivity contribution in [2.45, 2.75) is 26.3 Å². The molecule has 3 nitrogen and oxygen atoms in total. The highest BCUT2D eigenvalue weighted by atomic mass is 35.5. The molecule has 0 fully saturated rings. The molecule has 1 aromatic heterocycles. The van der Waals surface area contributed by atoms with Crippen molar-refractivity contribution in [3.8, 4) is 0 Å². The molecule has 0 atom stereocenters. The Morgan fingerprint density at radius 3 is 2.61 bits per heavy atom. The number of nitrogens with one attached hydrogen (secondary N) is 1. The van der Waals surface area contributed by atoms with Crippen LogP contribution in [0.25, 0.3) is 0 Å². The van der Waals surface area contributed by atoms with Crippen molar-refractivity contribution in [1.82, 2.24) is 9.78 Å². The average Bonchev–Trinajstić information content (AvgIpc) is 2.77. The molecule has 0 aliphatic heterocycles. The molecule has 2 rings (SSSR count). The standard InChI is InChI=1S/C14H19N3.ClH/c1-11(2)14-7-5-4-6-12(14)9-17-10-13(15-3)8-16-17;/h4-8,10-11,15H,9H2,1-3H3;1H. The van der Waals surface area contributed by atoms with Crippen molar-refractivity contribution in [1.29, 1.82) is 0 Å². The van der Waals surface area contributed by atoms with Gasteiger partial charge in [-0.05, 0) is 17.0 Å². The molecule has 1 N–H and O–H groups in total. The van der Waals surface area contributed by atoms with Crippen LogP contribution in [-0.4, -0.2) is 16.8 Å². The van der Waals surface area contributed by atoms with Crippen molar-refractivity contribution in [2.75, 3.05) is 12.4 Å². The molecule has 4 heteroatoms. The topological polar surface area (TPSA) is 29.9 Å². The fraction of sp³-hybridized carbons (Fsp3) is 0.357. The molecule has 0 saturated heterocycles. The summed E-state index contributed by atoms with van der Waals surface area (Å²) in [7, 11) is 1.91. The summed E-state index contributed by atoms with van der Waals surface area (Å²) in [4.78, 5) is 0. The number of hydrogen-bond acceptors (Lipinski definition) is 2. The summed E-state index contributed by atoms with van der Waals surface area (Å²) in [5, 5.41) is 7.42. The zero-order chi connectivity index (χ0) is 12.3. The molecular formula is C14H20ClN3. The van der Waals surface area contributed by atoms with E-state index in [1.807, 2.05) is 24.1 Å². The first-order valence-electron chi connectivity index (χ1n) is 5.98. The Morgan fingerprint density at radius 2 is 2.00 bits per heavy atom. The van der Waals surface area contributed by atoms with Crippen LogP contribution in [0, 0.1) is 0 Å². The first-order valence-corrected chi connectivity index (χ1v) is 5.98. The van der Waals surface area contributed by atoms with E-state index in [1.54, 1.807) is 0 Å². The number of rotatable bonds is 4. The SMILES string of the molecule is CNc1cnn(Cc2ccccc2C(C)C)c1.Cl. The Kier molecular flexibility index (Phi) is 5.23. The van der Waals surface area contributed by atoms with Crippen LogP contribution in [0.15, 0.2) is 36.7 Å². The van der Waals surface area contributed by atoms with Crippen LogP contribution >= 0.6 is 12.4 Å². The van der Waals surface area contributed by atoms with Gasteiger partial charge in [-0.3, -0.25) is 4.68 Å². The highest BCUT2D eigenvalue weighted by molar-refractivity contribution is 5.85. The summed E-state index contributed by atoms with van der Waals surface area (Å²) in [5.74, 6) is 0.547. The Morgan fingerprint density at radius 1 is 1.28 bits per heavy atom. The maximum absolute atomic E-state index is 4.34. The Balaban J connectivity index is 0.00000162. The number of aromatic nitrogens is 2. The fourth-order valence-corrected chi connectivity index (χ4v) is 2.00. The van der Waals surface area contributed by atoms with Crippen molar-refractivity contribution >= 4 is 18.1 Å². The van der Waals surface area contributed by atoms with Gasteiger partial charge in [0.15, 0.2) is 0 Å². The monoisotopic (exact) mass is 265 g/mol. The van der Waals surface area contributed by atoms with Gasteiger partial charge in [-0.15, -0.1) is 12.4 Å². The van der Waals surface area contributed by atoms with Crippen molar-refractivity contribution in [3.63, 3.8) is 0 Å². The minimum absolute atomic E-state index is 0. The molecule has 2 aromatic rings. The van der Waals surface area contributed by atoms with Crippen molar-refractivity contribution < 1.29 is 0 Å². The van der Waals surface area contributed by atoms with E-state index in [4.69, 9.17) is 0 Å². The smallest absolute Gasteiger partial charge is 0.0724 e. The lowest BCUT2D eigenvalue weighted by molar-refractivity contribution is 0.675. The van der Waals surface area contributed by atoms with Gasteiger partial charge in [0.05, 0.1) is 18.4 Å². The van der Waals surface area contributed by atoms with Crippen LogP contribution in [0.4, 0.5) is 5.69 Å². The molecule has 0 unspecified atom stereocenters. The number of hydrogen-bond donors (Lipinski definition) is 1. The number of anilines is 1. The van der Waals surface area contributed by atoms with E-state index >= 15 is 0 Å². The highest BCUT2D eigenvalue weighted by Gasteiger charge is 2.06. The summed E-state index contributed by atoms with van der Waals surface area (Å²) < 4.78 is 1.97. The quantitative estimate of drug-likeness (QED) is 0.917. The molecule has 18 heavy (non-hydrogen) atoms. The van der Waals surface area contributed by atoms with Crippen LogP contribution in [0.2, 0.25) is 0 Å². The molecule has 0 radical (unpaired) electrons. The number of halogens is 1. The molecule has 0 saturated carbocycles. The van der Waals surface area contributed by atoms with E-state index in [0.717, 1.165) is 12.2 Å². The molecular weight excluding hydrogens is 246 g/mol. The lowest BCUT2D eigenvalue weighted by Crippen LogP contribution is -2.04. The molecule has 0 amide bonds. The average molecular weight is 266 g/mol. The predicted octanol–water partition coefficient (Wildman–Crippen LogP) is 3.52. The fourth-order valence-electron chi connectivity index (χ4n) is 2.00. The molecule has 98 valence electrons. The maximum Gasteiger partial charge on any atom is 0.0724 e. The normalized spacial score (nSPS) is 10.2. The molecule has 1 heterocycles. The van der Waals surface area contributed by atoms with E-state index in [2.05, 4.69) is 48.5 Å². The largest absolute Gasteiger partial charge is 0.386 e. The molecule has 0 spiro atoms. The number of benzene rings is 1. The highest BCUT2D eigenvalue weighted by Crippen LogP contribution is 2.20. The van der Waals surface area contributed by atoms with Crippen LogP contribution in [0.3, 0.4) is 0 Å². The van der Waals surface area contributed by atoms with Gasteiger partial charge in [-0.2, -0.15) is 5.10 Å². The molecule has 0 aliphatic rings. The Hall–Kier alpha value is -1.48. The Bertz CT molecular complexity index is 491. The minimum atomic E-state index is 0. The zero-order valence-electron chi connectivity index (χ0n) is 11.1. The third-order valence-corrected chi connectivity index (χ3v) is 2.93. The summed E-state index contributed by atoms with van der Waals surface area (Å²) in [6, 6.07) is 8.56. The van der Waals surface area contributed by atoms with Gasteiger partial charge in [-0.25, -0.2) is 0 Å². The van der Waals surface area contributed by atoms with Gasteiger partial charge in [0.1, 0.15) is 0 Å². The summed E-state index contributed by atoms with van der Waals surface area (Å²) >= 11 is 0. The van der Waals surface area contributed by atoms with Gasteiger partial charge in [0, 0.05) is 13.2 Å². The van der Waals surface area contributed by atoms with Crippen LogP contribution in [0.1, 0.15) is 30.9 Å². The van der Waals surface area contributed by atoms with Gasteiger partial charge in [0.2, 0.25) is 0 Å². The molecule has 1 aromatic carbocycles. The summed E-state index contributed by atoms with van der Waals surface area (Å²) in [6.07, 6.45) is 3.87. The van der Waals surface area contributed by atoms with Gasteiger partial charge >= 0.3 is 0 Å². The second kappa shape index (κ2) is 6.45. The second-order valence-corrected chi connectivity index (χ2v) is 4.53. The first kappa shape index (κ1) is 14.6. The predicted molar refractivity (Wildman–Crippen MR) is 78.7 cm³/mol. The van der Waals surface area contributed by atoms with Crippen molar-refractivity contribution in [2.24, 2.45) is 0 Å². The summed E-state index contributed by atoms with van der Waals surface area (Å²) in [6.45, 7) is 5.28. The molecule has 0 aliphatic carbocycles. The van der Waals surface area contributed by atoms with Crippen molar-refractivity contribution in [3.05, 3.63) is 47.8 Å². The van der Waals surface area contributed by atoms with Crippen LogP contribution in [0.5, 0.6) is 0 Å². The van der Waals surface area contributed by atoms with E-state index in [0.29, 0.717) is 5.92 Å². The number of nitrogens with zero attached hydrogens (tertiary/aromatic N) is 2. The lowest BCUT2D eigenvalue weighted by atomic mass is 9.97. The third kappa shape index (κ3) is 3.26. The van der Waals surface area contributed by atoms with E-state index in [-0.39, 0.29) is 12.4 Å². The van der Waals surface area contributed by atoms with Crippen LogP contribution < -0.4 is 5.32 Å². The first-order chi connectivity index (χ1) is 8.20. The third-order valence-electron chi connectivity index (χ3n) is 2.93. The second-order valence-electron chi connectivity index (χ2n) is 4.53.